The van der Waals surface area contributed by atoms with Gasteiger partial charge in [-0.2, -0.15) is 0 Å². The van der Waals surface area contributed by atoms with Gasteiger partial charge in [0.05, 0.1) is 29.6 Å². The van der Waals surface area contributed by atoms with Crippen LogP contribution in [0.4, 0.5) is 5.13 Å². The molecule has 0 unspecified atom stereocenters. The number of fused-ring (bicyclic) bond motifs is 1. The van der Waals surface area contributed by atoms with Gasteiger partial charge in [0.2, 0.25) is 5.91 Å². The normalized spacial score (nSPS) is 10.9. The smallest absolute Gasteiger partial charge is 0.311 e. The Morgan fingerprint density at radius 2 is 2.03 bits per heavy atom. The molecular formula is C20H22N4O4S2. The molecule has 30 heavy (non-hydrogen) atoms. The minimum absolute atomic E-state index is 0.0769. The van der Waals surface area contributed by atoms with E-state index in [2.05, 4.69) is 15.3 Å². The number of hydrogen-bond acceptors (Lipinski definition) is 8. The molecule has 1 amide bonds. The maximum Gasteiger partial charge on any atom is 0.311 e. The van der Waals surface area contributed by atoms with Crippen molar-refractivity contribution in [3.05, 3.63) is 45.7 Å². The van der Waals surface area contributed by atoms with Crippen LogP contribution < -0.4 is 10.9 Å². The van der Waals surface area contributed by atoms with Gasteiger partial charge in [0.25, 0.3) is 5.56 Å². The van der Waals surface area contributed by atoms with Crippen molar-refractivity contribution < 1.29 is 14.3 Å². The van der Waals surface area contributed by atoms with Crippen LogP contribution in [0.15, 0.2) is 39.6 Å². The Hall–Kier alpha value is -2.72. The molecule has 0 aliphatic carbocycles. The fourth-order valence-electron chi connectivity index (χ4n) is 2.76. The topological polar surface area (TPSA) is 103 Å². The van der Waals surface area contributed by atoms with Crippen LogP contribution in [0.1, 0.15) is 26.0 Å². The van der Waals surface area contributed by atoms with Crippen molar-refractivity contribution in [2.45, 2.75) is 38.4 Å². The summed E-state index contributed by atoms with van der Waals surface area (Å²) in [5.74, 6) is -0.0647. The molecular weight excluding hydrogens is 424 g/mol. The number of aromatic nitrogens is 3. The highest BCUT2D eigenvalue weighted by Crippen LogP contribution is 2.20. The Balaban J connectivity index is 1.57. The first-order valence-corrected chi connectivity index (χ1v) is 11.4. The number of carbonyl (C=O) groups excluding carboxylic acids is 2. The fraction of sp³-hybridized carbons (Fsp3) is 0.350. The van der Waals surface area contributed by atoms with Crippen LogP contribution in [0, 0.1) is 0 Å². The highest BCUT2D eigenvalue weighted by Gasteiger charge is 2.13. The summed E-state index contributed by atoms with van der Waals surface area (Å²) in [6.07, 6.45) is 0.322. The van der Waals surface area contributed by atoms with Crippen molar-refractivity contribution >= 4 is 51.0 Å². The summed E-state index contributed by atoms with van der Waals surface area (Å²) >= 11 is 2.63. The maximum atomic E-state index is 12.6. The largest absolute Gasteiger partial charge is 0.466 e. The molecule has 3 rings (SSSR count). The van der Waals surface area contributed by atoms with Crippen LogP contribution in [0.2, 0.25) is 0 Å². The number of para-hydroxylation sites is 1. The number of nitrogens with one attached hydrogen (secondary N) is 1. The summed E-state index contributed by atoms with van der Waals surface area (Å²) in [5.41, 5.74) is 1.14. The van der Waals surface area contributed by atoms with E-state index < -0.39 is 0 Å². The van der Waals surface area contributed by atoms with Crippen molar-refractivity contribution in [3.8, 4) is 0 Å². The molecule has 3 aromatic rings. The van der Waals surface area contributed by atoms with Gasteiger partial charge in [0, 0.05) is 24.1 Å². The van der Waals surface area contributed by atoms with Gasteiger partial charge >= 0.3 is 5.97 Å². The highest BCUT2D eigenvalue weighted by molar-refractivity contribution is 7.99. The van der Waals surface area contributed by atoms with E-state index in [9.17, 15) is 14.4 Å². The molecule has 0 fully saturated rings. The van der Waals surface area contributed by atoms with Crippen LogP contribution in [-0.2, 0) is 27.3 Å². The van der Waals surface area contributed by atoms with Gasteiger partial charge in [0.1, 0.15) is 0 Å². The molecule has 8 nitrogen and oxygen atoms in total. The van der Waals surface area contributed by atoms with Crippen molar-refractivity contribution in [1.29, 1.82) is 0 Å². The predicted octanol–water partition coefficient (Wildman–Crippen LogP) is 3.10. The van der Waals surface area contributed by atoms with Gasteiger partial charge in [0.15, 0.2) is 10.3 Å². The molecule has 1 aromatic carbocycles. The average Bonchev–Trinajstić information content (AvgIpc) is 3.15. The van der Waals surface area contributed by atoms with E-state index in [0.29, 0.717) is 45.8 Å². The first-order chi connectivity index (χ1) is 14.5. The first kappa shape index (κ1) is 22.0. The summed E-state index contributed by atoms with van der Waals surface area (Å²) in [6, 6.07) is 7.24. The molecule has 2 heterocycles. The molecule has 0 atom stereocenters. The third-order valence-electron chi connectivity index (χ3n) is 4.13. The molecule has 0 aliphatic heterocycles. The van der Waals surface area contributed by atoms with Gasteiger partial charge < -0.3 is 10.1 Å². The van der Waals surface area contributed by atoms with Crippen LogP contribution >= 0.6 is 23.1 Å². The zero-order valence-electron chi connectivity index (χ0n) is 16.7. The second-order valence-electron chi connectivity index (χ2n) is 6.23. The van der Waals surface area contributed by atoms with Gasteiger partial charge in [-0.25, -0.2) is 9.97 Å². The third-order valence-corrected chi connectivity index (χ3v) is 5.92. The molecule has 0 spiro atoms. The van der Waals surface area contributed by atoms with Crippen LogP contribution in [-0.4, -0.2) is 38.8 Å². The number of thiazole rings is 1. The molecule has 0 radical (unpaired) electrons. The molecule has 0 bridgehead atoms. The van der Waals surface area contributed by atoms with E-state index in [0.717, 1.165) is 0 Å². The zero-order chi connectivity index (χ0) is 21.5. The van der Waals surface area contributed by atoms with Gasteiger partial charge in [-0.15, -0.1) is 11.3 Å². The maximum absolute atomic E-state index is 12.6. The quantitative estimate of drug-likeness (QED) is 0.306. The van der Waals surface area contributed by atoms with E-state index in [1.807, 2.05) is 25.1 Å². The standard InChI is InChI=1S/C20H22N4O4S2/c1-3-24-18(27)14-7-5-6-8-15(14)22-20(24)29-10-9-16(25)23-19-21-13(12-30-19)11-17(26)28-4-2/h5-8,12H,3-4,9-11H2,1-2H3,(H,21,23,25). The predicted molar refractivity (Wildman–Crippen MR) is 118 cm³/mol. The lowest BCUT2D eigenvalue weighted by Gasteiger charge is -2.10. The Labute approximate surface area is 181 Å². The SMILES string of the molecule is CCOC(=O)Cc1csc(NC(=O)CCSc2nc3ccccc3c(=O)n2CC)n1. The Morgan fingerprint density at radius 3 is 2.80 bits per heavy atom. The number of benzene rings is 1. The van der Waals surface area contributed by atoms with Crippen molar-refractivity contribution in [2.75, 3.05) is 17.7 Å². The lowest BCUT2D eigenvalue weighted by atomic mass is 10.2. The lowest BCUT2D eigenvalue weighted by Crippen LogP contribution is -2.22. The number of carbonyl (C=O) groups is 2. The Morgan fingerprint density at radius 1 is 1.23 bits per heavy atom. The summed E-state index contributed by atoms with van der Waals surface area (Å²) in [7, 11) is 0. The molecule has 0 saturated carbocycles. The van der Waals surface area contributed by atoms with Gasteiger partial charge in [-0.3, -0.25) is 19.0 Å². The number of nitrogens with zero attached hydrogens (tertiary/aromatic N) is 3. The minimum atomic E-state index is -0.345. The lowest BCUT2D eigenvalue weighted by molar-refractivity contribution is -0.142. The van der Waals surface area contributed by atoms with Gasteiger partial charge in [-0.1, -0.05) is 23.9 Å². The molecule has 10 heteroatoms. The number of amides is 1. The number of rotatable bonds is 9. The van der Waals surface area contributed by atoms with Crippen LogP contribution in [0.25, 0.3) is 10.9 Å². The van der Waals surface area contributed by atoms with Crippen molar-refractivity contribution in [3.63, 3.8) is 0 Å². The molecule has 0 aliphatic rings. The zero-order valence-corrected chi connectivity index (χ0v) is 18.3. The number of ether oxygens (including phenoxy) is 1. The third kappa shape index (κ3) is 5.45. The van der Waals surface area contributed by atoms with E-state index >= 15 is 0 Å². The van der Waals surface area contributed by atoms with Crippen LogP contribution in [0.3, 0.4) is 0 Å². The Bertz CT molecular complexity index is 1110. The summed E-state index contributed by atoms with van der Waals surface area (Å²) in [4.78, 5) is 45.2. The van der Waals surface area contributed by atoms with Crippen molar-refractivity contribution in [2.24, 2.45) is 0 Å². The monoisotopic (exact) mass is 446 g/mol. The molecule has 0 saturated heterocycles. The van der Waals surface area contributed by atoms with E-state index in [-0.39, 0.29) is 30.3 Å². The second-order valence-corrected chi connectivity index (χ2v) is 8.15. The fourth-order valence-corrected chi connectivity index (χ4v) is 4.49. The van der Waals surface area contributed by atoms with Gasteiger partial charge in [-0.05, 0) is 26.0 Å². The first-order valence-electron chi connectivity index (χ1n) is 9.54. The Kier molecular flexibility index (Phi) is 7.58. The number of thioether (sulfide) groups is 1. The summed E-state index contributed by atoms with van der Waals surface area (Å²) < 4.78 is 6.51. The van der Waals surface area contributed by atoms with Crippen molar-refractivity contribution in [1.82, 2.24) is 14.5 Å². The summed E-state index contributed by atoms with van der Waals surface area (Å²) in [6.45, 7) is 4.47. The van der Waals surface area contributed by atoms with E-state index in [1.165, 1.54) is 23.1 Å². The molecule has 1 N–H and O–H groups in total. The number of anilines is 1. The van der Waals surface area contributed by atoms with E-state index in [1.54, 1.807) is 22.9 Å². The second kappa shape index (κ2) is 10.4. The molecule has 2 aromatic heterocycles. The minimum Gasteiger partial charge on any atom is -0.466 e. The number of hydrogen-bond donors (Lipinski definition) is 1. The summed E-state index contributed by atoms with van der Waals surface area (Å²) in [5, 5.41) is 6.09. The highest BCUT2D eigenvalue weighted by atomic mass is 32.2. The average molecular weight is 447 g/mol. The molecule has 158 valence electrons. The van der Waals surface area contributed by atoms with E-state index in [4.69, 9.17) is 4.74 Å². The number of esters is 1. The van der Waals surface area contributed by atoms with Crippen LogP contribution in [0.5, 0.6) is 0 Å².